The SMILES string of the molecule is CCOC(=O)C1CCN(C(=NC)NCCCOCC2CCCO2)CC1. The van der Waals surface area contributed by atoms with E-state index in [1.54, 1.807) is 7.05 Å². The molecule has 7 nitrogen and oxygen atoms in total. The Kier molecular flexibility index (Phi) is 9.04. The number of esters is 1. The molecule has 0 spiro atoms. The Morgan fingerprint density at radius 1 is 1.32 bits per heavy atom. The van der Waals surface area contributed by atoms with Crippen LogP contribution in [0.4, 0.5) is 0 Å². The molecule has 2 heterocycles. The molecule has 0 aromatic rings. The number of aliphatic imine (C=N–C) groups is 1. The number of carbonyl (C=O) groups is 1. The standard InChI is InChI=1S/C18H33N3O4/c1-3-24-17(22)15-7-10-21(11-8-15)18(19-2)20-9-5-12-23-14-16-6-4-13-25-16/h15-16H,3-14H2,1-2H3,(H,19,20). The van der Waals surface area contributed by atoms with Crippen molar-refractivity contribution in [2.75, 3.05) is 53.1 Å². The number of rotatable bonds is 8. The van der Waals surface area contributed by atoms with Crippen LogP contribution >= 0.6 is 0 Å². The Morgan fingerprint density at radius 2 is 2.12 bits per heavy atom. The van der Waals surface area contributed by atoms with Crippen molar-refractivity contribution in [3.8, 4) is 0 Å². The van der Waals surface area contributed by atoms with Gasteiger partial charge in [0.05, 0.1) is 25.2 Å². The van der Waals surface area contributed by atoms with Crippen LogP contribution < -0.4 is 5.32 Å². The van der Waals surface area contributed by atoms with Gasteiger partial charge in [-0.15, -0.1) is 0 Å². The maximum atomic E-state index is 11.8. The molecule has 0 aliphatic carbocycles. The summed E-state index contributed by atoms with van der Waals surface area (Å²) in [6, 6.07) is 0. The predicted octanol–water partition coefficient (Wildman–Crippen LogP) is 1.42. The Hall–Kier alpha value is -1.34. The summed E-state index contributed by atoms with van der Waals surface area (Å²) in [5.74, 6) is 0.871. The van der Waals surface area contributed by atoms with Crippen LogP contribution in [-0.4, -0.2) is 76.0 Å². The molecule has 2 aliphatic rings. The van der Waals surface area contributed by atoms with Crippen LogP contribution in [0.25, 0.3) is 0 Å². The summed E-state index contributed by atoms with van der Waals surface area (Å²) in [7, 11) is 1.80. The average molecular weight is 355 g/mol. The van der Waals surface area contributed by atoms with Crippen LogP contribution in [0.2, 0.25) is 0 Å². The Labute approximate surface area is 151 Å². The fourth-order valence-corrected chi connectivity index (χ4v) is 3.28. The van der Waals surface area contributed by atoms with E-state index >= 15 is 0 Å². The molecule has 144 valence electrons. The molecule has 2 rings (SSSR count). The van der Waals surface area contributed by atoms with Gasteiger partial charge in [-0.3, -0.25) is 9.79 Å². The monoisotopic (exact) mass is 355 g/mol. The van der Waals surface area contributed by atoms with Crippen LogP contribution in [0.5, 0.6) is 0 Å². The van der Waals surface area contributed by atoms with Gasteiger partial charge in [-0.1, -0.05) is 0 Å². The van der Waals surface area contributed by atoms with Gasteiger partial charge in [0.1, 0.15) is 0 Å². The fourth-order valence-electron chi connectivity index (χ4n) is 3.28. The summed E-state index contributed by atoms with van der Waals surface area (Å²) in [5.41, 5.74) is 0. The first-order chi connectivity index (χ1) is 12.2. The average Bonchev–Trinajstić information content (AvgIpc) is 3.15. The number of ether oxygens (including phenoxy) is 3. The van der Waals surface area contributed by atoms with E-state index in [4.69, 9.17) is 14.2 Å². The number of likely N-dealkylation sites (tertiary alicyclic amines) is 1. The van der Waals surface area contributed by atoms with Crippen molar-refractivity contribution >= 4 is 11.9 Å². The number of nitrogens with zero attached hydrogens (tertiary/aromatic N) is 2. The van der Waals surface area contributed by atoms with Gasteiger partial charge in [0, 0.05) is 39.9 Å². The molecule has 1 unspecified atom stereocenters. The topological polar surface area (TPSA) is 72.4 Å². The van der Waals surface area contributed by atoms with Crippen molar-refractivity contribution in [3.63, 3.8) is 0 Å². The highest BCUT2D eigenvalue weighted by Gasteiger charge is 2.27. The minimum Gasteiger partial charge on any atom is -0.466 e. The highest BCUT2D eigenvalue weighted by molar-refractivity contribution is 5.80. The molecule has 1 atom stereocenters. The Morgan fingerprint density at radius 3 is 2.76 bits per heavy atom. The molecule has 0 aromatic carbocycles. The van der Waals surface area contributed by atoms with Crippen LogP contribution in [0, 0.1) is 5.92 Å². The second kappa shape index (κ2) is 11.3. The normalized spacial score (nSPS) is 22.2. The number of hydrogen-bond acceptors (Lipinski definition) is 5. The first-order valence-electron chi connectivity index (χ1n) is 9.56. The minimum absolute atomic E-state index is 0.0283. The summed E-state index contributed by atoms with van der Waals surface area (Å²) >= 11 is 0. The second-order valence-corrected chi connectivity index (χ2v) is 6.55. The predicted molar refractivity (Wildman–Crippen MR) is 96.7 cm³/mol. The van der Waals surface area contributed by atoms with E-state index < -0.39 is 0 Å². The molecule has 2 saturated heterocycles. The molecule has 1 N–H and O–H groups in total. The number of carbonyl (C=O) groups excluding carboxylic acids is 1. The Bertz CT molecular complexity index is 417. The minimum atomic E-state index is -0.0616. The fraction of sp³-hybridized carbons (Fsp3) is 0.889. The number of hydrogen-bond donors (Lipinski definition) is 1. The first kappa shape index (κ1) is 20.0. The number of guanidine groups is 1. The van der Waals surface area contributed by atoms with E-state index in [1.165, 1.54) is 0 Å². The van der Waals surface area contributed by atoms with Gasteiger partial charge < -0.3 is 24.4 Å². The molecule has 25 heavy (non-hydrogen) atoms. The molecule has 0 bridgehead atoms. The number of piperidine rings is 1. The van der Waals surface area contributed by atoms with Gasteiger partial charge in [0.25, 0.3) is 0 Å². The van der Waals surface area contributed by atoms with Crippen molar-refractivity contribution in [2.24, 2.45) is 10.9 Å². The molecule has 7 heteroatoms. The maximum absolute atomic E-state index is 11.8. The van der Waals surface area contributed by atoms with Gasteiger partial charge >= 0.3 is 5.97 Å². The zero-order valence-corrected chi connectivity index (χ0v) is 15.7. The smallest absolute Gasteiger partial charge is 0.309 e. The summed E-state index contributed by atoms with van der Waals surface area (Å²) in [5, 5.41) is 3.39. The van der Waals surface area contributed by atoms with Crippen molar-refractivity contribution in [1.82, 2.24) is 10.2 Å². The molecule has 0 amide bonds. The number of nitrogens with one attached hydrogen (secondary N) is 1. The van der Waals surface area contributed by atoms with Crippen molar-refractivity contribution < 1.29 is 19.0 Å². The van der Waals surface area contributed by atoms with Gasteiger partial charge in [-0.25, -0.2) is 0 Å². The van der Waals surface area contributed by atoms with Crippen molar-refractivity contribution in [2.45, 2.75) is 45.1 Å². The van der Waals surface area contributed by atoms with Crippen molar-refractivity contribution in [3.05, 3.63) is 0 Å². The lowest BCUT2D eigenvalue weighted by Gasteiger charge is -2.33. The van der Waals surface area contributed by atoms with Gasteiger partial charge in [-0.05, 0) is 39.0 Å². The quantitative estimate of drug-likeness (QED) is 0.307. The van der Waals surface area contributed by atoms with Crippen LogP contribution in [0.3, 0.4) is 0 Å². The summed E-state index contributed by atoms with van der Waals surface area (Å²) in [6.45, 7) is 7.11. The van der Waals surface area contributed by atoms with Crippen LogP contribution in [0.1, 0.15) is 39.0 Å². The second-order valence-electron chi connectivity index (χ2n) is 6.55. The maximum Gasteiger partial charge on any atom is 0.309 e. The van der Waals surface area contributed by atoms with E-state index in [0.717, 1.165) is 70.9 Å². The molecule has 0 aromatic heterocycles. The molecular formula is C18H33N3O4. The third-order valence-electron chi connectivity index (χ3n) is 4.70. The van der Waals surface area contributed by atoms with E-state index in [2.05, 4.69) is 15.2 Å². The zero-order valence-electron chi connectivity index (χ0n) is 15.7. The third kappa shape index (κ3) is 6.82. The van der Waals surface area contributed by atoms with E-state index in [-0.39, 0.29) is 11.9 Å². The Balaban J connectivity index is 1.56. The molecular weight excluding hydrogens is 322 g/mol. The van der Waals surface area contributed by atoms with E-state index in [0.29, 0.717) is 19.3 Å². The summed E-state index contributed by atoms with van der Waals surface area (Å²) < 4.78 is 16.3. The highest BCUT2D eigenvalue weighted by Crippen LogP contribution is 2.18. The molecule has 0 radical (unpaired) electrons. The van der Waals surface area contributed by atoms with Crippen LogP contribution in [0.15, 0.2) is 4.99 Å². The molecule has 0 saturated carbocycles. The summed E-state index contributed by atoms with van der Waals surface area (Å²) in [4.78, 5) is 18.4. The largest absolute Gasteiger partial charge is 0.466 e. The third-order valence-corrected chi connectivity index (χ3v) is 4.70. The highest BCUT2D eigenvalue weighted by atomic mass is 16.5. The lowest BCUT2D eigenvalue weighted by molar-refractivity contribution is -0.149. The molecule has 2 fully saturated rings. The van der Waals surface area contributed by atoms with E-state index in [1.807, 2.05) is 6.92 Å². The lowest BCUT2D eigenvalue weighted by atomic mass is 9.97. The first-order valence-corrected chi connectivity index (χ1v) is 9.56. The van der Waals surface area contributed by atoms with Gasteiger partial charge in [0.15, 0.2) is 5.96 Å². The van der Waals surface area contributed by atoms with Gasteiger partial charge in [-0.2, -0.15) is 0 Å². The summed E-state index contributed by atoms with van der Waals surface area (Å²) in [6.07, 6.45) is 5.14. The van der Waals surface area contributed by atoms with E-state index in [9.17, 15) is 4.79 Å². The van der Waals surface area contributed by atoms with Gasteiger partial charge in [0.2, 0.25) is 0 Å². The van der Waals surface area contributed by atoms with Crippen LogP contribution in [-0.2, 0) is 19.0 Å². The molecule has 2 aliphatic heterocycles. The zero-order chi connectivity index (χ0) is 17.9. The lowest BCUT2D eigenvalue weighted by Crippen LogP contribution is -2.47. The van der Waals surface area contributed by atoms with Crippen molar-refractivity contribution in [1.29, 1.82) is 0 Å².